The zero-order valence-electron chi connectivity index (χ0n) is 15.4. The molecule has 1 aromatic heterocycles. The summed E-state index contributed by atoms with van der Waals surface area (Å²) >= 11 is 7.47. The van der Waals surface area contributed by atoms with Crippen LogP contribution in [0.2, 0.25) is 5.02 Å². The molecule has 0 spiro atoms. The Kier molecular flexibility index (Phi) is 5.89. The molecule has 0 unspecified atom stereocenters. The Hall–Kier alpha value is -3.15. The van der Waals surface area contributed by atoms with Gasteiger partial charge in [-0.05, 0) is 35.9 Å². The lowest BCUT2D eigenvalue weighted by Crippen LogP contribution is -2.28. The highest BCUT2D eigenvalue weighted by molar-refractivity contribution is 7.13. The molecule has 144 valence electrons. The van der Waals surface area contributed by atoms with E-state index in [1.807, 2.05) is 36.4 Å². The first-order valence-corrected chi connectivity index (χ1v) is 10.3. The standard InChI is InChI=1S/C23H18ClN3OS/c24-19-9-11-20(12-10-19)26-23(28)25-14-16-5-4-8-18(13-16)22-27-21(15-29-22)17-6-2-1-3-7-17/h1-13,15H,14H2,(H2,25,26,28). The van der Waals surface area contributed by atoms with E-state index < -0.39 is 0 Å². The highest BCUT2D eigenvalue weighted by atomic mass is 35.5. The van der Waals surface area contributed by atoms with Crippen molar-refractivity contribution in [3.05, 3.63) is 94.8 Å². The van der Waals surface area contributed by atoms with Crippen LogP contribution in [0.15, 0.2) is 84.2 Å². The van der Waals surface area contributed by atoms with Crippen LogP contribution < -0.4 is 10.6 Å². The number of hydrogen-bond donors (Lipinski definition) is 2. The highest BCUT2D eigenvalue weighted by Gasteiger charge is 2.08. The van der Waals surface area contributed by atoms with Crippen molar-refractivity contribution in [1.82, 2.24) is 10.3 Å². The van der Waals surface area contributed by atoms with Crippen molar-refractivity contribution in [3.63, 3.8) is 0 Å². The number of thiazole rings is 1. The van der Waals surface area contributed by atoms with Gasteiger partial charge in [-0.2, -0.15) is 0 Å². The molecule has 0 aliphatic carbocycles. The number of urea groups is 1. The number of nitrogens with one attached hydrogen (secondary N) is 2. The van der Waals surface area contributed by atoms with Crippen molar-refractivity contribution in [3.8, 4) is 21.8 Å². The summed E-state index contributed by atoms with van der Waals surface area (Å²) in [6.07, 6.45) is 0. The minimum atomic E-state index is -0.265. The zero-order valence-corrected chi connectivity index (χ0v) is 17.0. The summed E-state index contributed by atoms with van der Waals surface area (Å²) in [5, 5.41) is 9.31. The molecule has 0 bridgehead atoms. The lowest BCUT2D eigenvalue weighted by atomic mass is 10.1. The average Bonchev–Trinajstić information content (AvgIpc) is 3.25. The molecule has 0 fully saturated rings. The maximum Gasteiger partial charge on any atom is 0.319 e. The summed E-state index contributed by atoms with van der Waals surface area (Å²) in [6.45, 7) is 0.421. The minimum absolute atomic E-state index is 0.265. The van der Waals surface area contributed by atoms with E-state index in [0.717, 1.165) is 27.4 Å². The lowest BCUT2D eigenvalue weighted by Gasteiger charge is -2.08. The number of anilines is 1. The van der Waals surface area contributed by atoms with Crippen molar-refractivity contribution >= 4 is 34.7 Å². The number of carbonyl (C=O) groups is 1. The third kappa shape index (κ3) is 5.02. The predicted molar refractivity (Wildman–Crippen MR) is 120 cm³/mol. The number of nitrogens with zero attached hydrogens (tertiary/aromatic N) is 1. The molecule has 4 aromatic rings. The molecule has 29 heavy (non-hydrogen) atoms. The van der Waals surface area contributed by atoms with Gasteiger partial charge in [-0.25, -0.2) is 9.78 Å². The van der Waals surface area contributed by atoms with Crippen molar-refractivity contribution in [2.75, 3.05) is 5.32 Å². The van der Waals surface area contributed by atoms with Gasteiger partial charge in [-0.15, -0.1) is 11.3 Å². The van der Waals surface area contributed by atoms with Crippen LogP contribution in [0.1, 0.15) is 5.56 Å². The summed E-state index contributed by atoms with van der Waals surface area (Å²) in [4.78, 5) is 16.9. The quantitative estimate of drug-likeness (QED) is 0.390. The van der Waals surface area contributed by atoms with E-state index in [4.69, 9.17) is 16.6 Å². The van der Waals surface area contributed by atoms with E-state index in [1.54, 1.807) is 35.6 Å². The number of rotatable bonds is 5. The topological polar surface area (TPSA) is 54.0 Å². The van der Waals surface area contributed by atoms with Gasteiger partial charge in [0.05, 0.1) is 5.69 Å². The van der Waals surface area contributed by atoms with Crippen LogP contribution in [0.5, 0.6) is 0 Å². The molecule has 0 saturated carbocycles. The average molecular weight is 420 g/mol. The van der Waals surface area contributed by atoms with Gasteiger partial charge in [-0.1, -0.05) is 60.1 Å². The molecule has 1 heterocycles. The van der Waals surface area contributed by atoms with Crippen LogP contribution in [0.25, 0.3) is 21.8 Å². The van der Waals surface area contributed by atoms with E-state index in [2.05, 4.69) is 34.2 Å². The Morgan fingerprint density at radius 2 is 1.69 bits per heavy atom. The second-order valence-electron chi connectivity index (χ2n) is 6.42. The van der Waals surface area contributed by atoms with Gasteiger partial charge in [0.1, 0.15) is 5.01 Å². The Labute approximate surface area is 178 Å². The molecule has 4 nitrogen and oxygen atoms in total. The van der Waals surface area contributed by atoms with Gasteiger partial charge in [0, 0.05) is 33.8 Å². The zero-order chi connectivity index (χ0) is 20.1. The molecule has 3 aromatic carbocycles. The van der Waals surface area contributed by atoms with E-state index in [1.165, 1.54) is 0 Å². The highest BCUT2D eigenvalue weighted by Crippen LogP contribution is 2.29. The lowest BCUT2D eigenvalue weighted by molar-refractivity contribution is 0.251. The summed E-state index contributed by atoms with van der Waals surface area (Å²) in [5.74, 6) is 0. The van der Waals surface area contributed by atoms with Crippen LogP contribution in [-0.4, -0.2) is 11.0 Å². The maximum atomic E-state index is 12.1. The fraction of sp³-hybridized carbons (Fsp3) is 0.0435. The van der Waals surface area contributed by atoms with Crippen molar-refractivity contribution in [1.29, 1.82) is 0 Å². The number of carbonyl (C=O) groups excluding carboxylic acids is 1. The summed E-state index contributed by atoms with van der Waals surface area (Å²) in [6, 6.07) is 24.9. The Morgan fingerprint density at radius 1 is 0.931 bits per heavy atom. The van der Waals surface area contributed by atoms with Crippen LogP contribution in [-0.2, 0) is 6.54 Å². The largest absolute Gasteiger partial charge is 0.334 e. The monoisotopic (exact) mass is 419 g/mol. The molecule has 0 saturated heterocycles. The van der Waals surface area contributed by atoms with Crippen LogP contribution >= 0.6 is 22.9 Å². The van der Waals surface area contributed by atoms with E-state index in [9.17, 15) is 4.79 Å². The second-order valence-corrected chi connectivity index (χ2v) is 7.71. The first-order chi connectivity index (χ1) is 14.2. The maximum absolute atomic E-state index is 12.1. The summed E-state index contributed by atoms with van der Waals surface area (Å²) < 4.78 is 0. The van der Waals surface area contributed by atoms with Gasteiger partial charge in [0.2, 0.25) is 0 Å². The fourth-order valence-electron chi connectivity index (χ4n) is 2.85. The van der Waals surface area contributed by atoms with Gasteiger partial charge in [0.25, 0.3) is 0 Å². The van der Waals surface area contributed by atoms with Gasteiger partial charge >= 0.3 is 6.03 Å². The molecule has 0 radical (unpaired) electrons. The Morgan fingerprint density at radius 3 is 2.48 bits per heavy atom. The van der Waals surface area contributed by atoms with Crippen molar-refractivity contribution in [2.24, 2.45) is 0 Å². The minimum Gasteiger partial charge on any atom is -0.334 e. The van der Waals surface area contributed by atoms with Crippen LogP contribution in [0, 0.1) is 0 Å². The smallest absolute Gasteiger partial charge is 0.319 e. The molecule has 0 atom stereocenters. The van der Waals surface area contributed by atoms with Gasteiger partial charge in [0.15, 0.2) is 0 Å². The first kappa shape index (κ1) is 19.2. The Bertz CT molecular complexity index is 1110. The van der Waals surface area contributed by atoms with E-state index >= 15 is 0 Å². The number of aromatic nitrogens is 1. The number of benzene rings is 3. The molecule has 0 aliphatic heterocycles. The van der Waals surface area contributed by atoms with Gasteiger partial charge < -0.3 is 10.6 Å². The molecule has 4 rings (SSSR count). The summed E-state index contributed by atoms with van der Waals surface area (Å²) in [7, 11) is 0. The molecular weight excluding hydrogens is 402 g/mol. The van der Waals surface area contributed by atoms with Crippen molar-refractivity contribution < 1.29 is 4.79 Å². The van der Waals surface area contributed by atoms with Gasteiger partial charge in [-0.3, -0.25) is 0 Å². The Balaban J connectivity index is 1.40. The molecule has 2 N–H and O–H groups in total. The van der Waals surface area contributed by atoms with E-state index in [0.29, 0.717) is 17.3 Å². The third-order valence-electron chi connectivity index (χ3n) is 4.30. The molecule has 6 heteroatoms. The van der Waals surface area contributed by atoms with E-state index in [-0.39, 0.29) is 6.03 Å². The third-order valence-corrected chi connectivity index (χ3v) is 5.45. The molecule has 2 amide bonds. The van der Waals surface area contributed by atoms with Crippen LogP contribution in [0.3, 0.4) is 0 Å². The fourth-order valence-corrected chi connectivity index (χ4v) is 3.81. The molecule has 0 aliphatic rings. The summed E-state index contributed by atoms with van der Waals surface area (Å²) in [5.41, 5.74) is 4.81. The number of amides is 2. The SMILES string of the molecule is O=C(NCc1cccc(-c2nc(-c3ccccc3)cs2)c1)Nc1ccc(Cl)cc1. The number of halogens is 1. The predicted octanol–water partition coefficient (Wildman–Crippen LogP) is 6.45. The molecular formula is C23H18ClN3OS. The number of hydrogen-bond acceptors (Lipinski definition) is 3. The second kappa shape index (κ2) is 8.90. The first-order valence-electron chi connectivity index (χ1n) is 9.08. The van der Waals surface area contributed by atoms with Crippen LogP contribution in [0.4, 0.5) is 10.5 Å². The normalized spacial score (nSPS) is 10.5. The van der Waals surface area contributed by atoms with Crippen molar-refractivity contribution in [2.45, 2.75) is 6.54 Å².